The van der Waals surface area contributed by atoms with Gasteiger partial charge in [0.15, 0.2) is 0 Å². The summed E-state index contributed by atoms with van der Waals surface area (Å²) in [5.74, 6) is -0.668. The number of carbonyl (C=O) groups excluding carboxylic acids is 3. The van der Waals surface area contributed by atoms with Gasteiger partial charge in [0.1, 0.15) is 29.8 Å². The molecule has 4 aromatic rings. The molecule has 1 aliphatic heterocycles. The van der Waals surface area contributed by atoms with Crippen molar-refractivity contribution in [2.45, 2.75) is 20.0 Å². The van der Waals surface area contributed by atoms with Crippen molar-refractivity contribution in [3.05, 3.63) is 135 Å². The molecule has 0 saturated heterocycles. The van der Waals surface area contributed by atoms with Crippen LogP contribution in [0, 0.1) is 11.3 Å². The van der Waals surface area contributed by atoms with Gasteiger partial charge < -0.3 is 9.15 Å². The number of nitriles is 1. The lowest BCUT2D eigenvalue weighted by Crippen LogP contribution is -2.43. The van der Waals surface area contributed by atoms with Gasteiger partial charge in [-0.2, -0.15) is 5.26 Å². The molecule has 0 bridgehead atoms. The number of halogens is 1. The number of hydrogen-bond donors (Lipinski definition) is 0. The molecule has 42 heavy (non-hydrogen) atoms. The third-order valence-corrected chi connectivity index (χ3v) is 7.30. The topological polar surface area (TPSA) is 101 Å². The lowest BCUT2D eigenvalue weighted by molar-refractivity contribution is -0.140. The highest BCUT2D eigenvalue weighted by molar-refractivity contribution is 6.31. The van der Waals surface area contributed by atoms with Gasteiger partial charge in [-0.25, -0.2) is 4.79 Å². The summed E-state index contributed by atoms with van der Waals surface area (Å²) in [7, 11) is 0. The molecule has 0 radical (unpaired) electrons. The van der Waals surface area contributed by atoms with Crippen molar-refractivity contribution in [2.24, 2.45) is 0 Å². The molecule has 3 aromatic carbocycles. The Morgan fingerprint density at radius 3 is 2.38 bits per heavy atom. The molecule has 2 amide bonds. The van der Waals surface area contributed by atoms with Crippen molar-refractivity contribution >= 4 is 35.5 Å². The number of benzene rings is 3. The summed E-state index contributed by atoms with van der Waals surface area (Å²) < 4.78 is 11.4. The number of carbonyl (C=O) groups is 3. The highest BCUT2D eigenvalue weighted by Gasteiger charge is 2.35. The first-order valence-corrected chi connectivity index (χ1v) is 13.6. The molecular weight excluding hydrogens is 552 g/mol. The highest BCUT2D eigenvalue weighted by Crippen LogP contribution is 2.30. The minimum atomic E-state index is -0.598. The number of ether oxygens (including phenoxy) is 1. The molecule has 0 saturated carbocycles. The maximum absolute atomic E-state index is 13.4. The van der Waals surface area contributed by atoms with Crippen LogP contribution in [0.3, 0.4) is 0 Å². The maximum Gasteiger partial charge on any atom is 0.338 e. The Kier molecular flexibility index (Phi) is 8.47. The van der Waals surface area contributed by atoms with Crippen molar-refractivity contribution in [2.75, 3.05) is 6.54 Å². The molecular formula is C34H25ClN2O5. The second-order valence-electron chi connectivity index (χ2n) is 9.61. The van der Waals surface area contributed by atoms with Crippen molar-refractivity contribution in [3.63, 3.8) is 0 Å². The normalized spacial score (nSPS) is 14.3. The Labute approximate surface area is 247 Å². The minimum Gasteiger partial charge on any atom is -0.457 e. The van der Waals surface area contributed by atoms with Crippen LogP contribution < -0.4 is 0 Å². The van der Waals surface area contributed by atoms with Crippen LogP contribution in [0.5, 0.6) is 0 Å². The summed E-state index contributed by atoms with van der Waals surface area (Å²) in [5, 5.41) is 10.2. The Balaban J connectivity index is 1.31. The fourth-order valence-corrected chi connectivity index (χ4v) is 4.75. The molecule has 2 heterocycles. The molecule has 0 N–H and O–H groups in total. The first-order valence-electron chi connectivity index (χ1n) is 13.2. The van der Waals surface area contributed by atoms with Gasteiger partial charge in [-0.3, -0.25) is 14.5 Å². The van der Waals surface area contributed by atoms with Gasteiger partial charge in [0.25, 0.3) is 11.8 Å². The molecule has 0 atom stereocenters. The molecule has 0 aliphatic carbocycles. The molecule has 1 aliphatic rings. The second kappa shape index (κ2) is 12.5. The van der Waals surface area contributed by atoms with Gasteiger partial charge in [0, 0.05) is 28.3 Å². The molecule has 0 spiro atoms. The van der Waals surface area contributed by atoms with Gasteiger partial charge in [0.05, 0.1) is 5.56 Å². The Hall–Kier alpha value is -5.19. The third kappa shape index (κ3) is 6.09. The van der Waals surface area contributed by atoms with E-state index < -0.39 is 17.8 Å². The standard InChI is InChI=1S/C34H25ClN2O5/c1-22-28(32(38)37(33(39)29(22)20-36)18-17-23-7-3-2-4-8-23)19-27-15-16-31(42-27)24-11-13-25(14-12-24)34(40)41-21-26-9-5-6-10-30(26)35/h2-16,19H,17-18,21H2,1H3/b28-19-. The van der Waals surface area contributed by atoms with Crippen molar-refractivity contribution in [1.82, 2.24) is 4.90 Å². The zero-order valence-electron chi connectivity index (χ0n) is 22.7. The summed E-state index contributed by atoms with van der Waals surface area (Å²) in [6.45, 7) is 1.79. The third-order valence-electron chi connectivity index (χ3n) is 6.93. The molecule has 0 unspecified atom stereocenters. The molecule has 0 fully saturated rings. The van der Waals surface area contributed by atoms with E-state index >= 15 is 0 Å². The smallest absolute Gasteiger partial charge is 0.338 e. The summed E-state index contributed by atoms with van der Waals surface area (Å²) >= 11 is 6.13. The van der Waals surface area contributed by atoms with Crippen LogP contribution in [0.1, 0.15) is 34.2 Å². The molecule has 8 heteroatoms. The predicted octanol–water partition coefficient (Wildman–Crippen LogP) is 6.79. The molecule has 1 aromatic heterocycles. The fraction of sp³-hybridized carbons (Fsp3) is 0.118. The number of esters is 1. The highest BCUT2D eigenvalue weighted by atomic mass is 35.5. The quantitative estimate of drug-likeness (QED) is 0.130. The number of hydrogen-bond acceptors (Lipinski definition) is 6. The fourth-order valence-electron chi connectivity index (χ4n) is 4.56. The largest absolute Gasteiger partial charge is 0.457 e. The zero-order chi connectivity index (χ0) is 29.6. The van der Waals surface area contributed by atoms with E-state index in [1.165, 1.54) is 0 Å². The van der Waals surface area contributed by atoms with Gasteiger partial charge in [0.2, 0.25) is 0 Å². The number of rotatable bonds is 8. The maximum atomic E-state index is 13.4. The molecule has 208 valence electrons. The van der Waals surface area contributed by atoms with Gasteiger partial charge in [-0.05, 0) is 60.9 Å². The SMILES string of the molecule is CC1=C(C#N)C(=O)N(CCc2ccccc2)C(=O)/C1=C\c1ccc(-c2ccc(C(=O)OCc3ccccc3Cl)cc2)o1. The summed E-state index contributed by atoms with van der Waals surface area (Å²) in [4.78, 5) is 39.9. The molecule has 5 rings (SSSR count). The lowest BCUT2D eigenvalue weighted by Gasteiger charge is -2.27. The van der Waals surface area contributed by atoms with E-state index in [1.54, 1.807) is 67.6 Å². The molecule has 7 nitrogen and oxygen atoms in total. The predicted molar refractivity (Wildman–Crippen MR) is 158 cm³/mol. The zero-order valence-corrected chi connectivity index (χ0v) is 23.4. The van der Waals surface area contributed by atoms with Gasteiger partial charge >= 0.3 is 5.97 Å². The number of amides is 2. The second-order valence-corrected chi connectivity index (χ2v) is 10.0. The Morgan fingerprint density at radius 1 is 0.952 bits per heavy atom. The Bertz CT molecular complexity index is 1760. The number of nitrogens with zero attached hydrogens (tertiary/aromatic N) is 2. The van der Waals surface area contributed by atoms with Crippen LogP contribution in [-0.2, 0) is 27.4 Å². The first-order chi connectivity index (χ1) is 20.4. The van der Waals surface area contributed by atoms with Crippen molar-refractivity contribution in [3.8, 4) is 17.4 Å². The lowest BCUT2D eigenvalue weighted by atomic mass is 9.94. The van der Waals surface area contributed by atoms with E-state index in [1.807, 2.05) is 42.5 Å². The van der Waals surface area contributed by atoms with Crippen LogP contribution in [0.2, 0.25) is 5.02 Å². The van der Waals surface area contributed by atoms with Gasteiger partial charge in [-0.1, -0.05) is 72.3 Å². The van der Waals surface area contributed by atoms with Crippen molar-refractivity contribution < 1.29 is 23.5 Å². The number of furan rings is 1. The Morgan fingerprint density at radius 2 is 1.67 bits per heavy atom. The van der Waals surface area contributed by atoms with Gasteiger partial charge in [-0.15, -0.1) is 0 Å². The van der Waals surface area contributed by atoms with E-state index in [-0.39, 0.29) is 24.3 Å². The van der Waals surface area contributed by atoms with Crippen LogP contribution >= 0.6 is 11.6 Å². The first kappa shape index (κ1) is 28.3. The van der Waals surface area contributed by atoms with Crippen molar-refractivity contribution in [1.29, 1.82) is 5.26 Å². The summed E-state index contributed by atoms with van der Waals surface area (Å²) in [6, 6.07) is 28.8. The summed E-state index contributed by atoms with van der Waals surface area (Å²) in [5.41, 5.74) is 3.23. The van der Waals surface area contributed by atoms with E-state index in [0.717, 1.165) is 10.5 Å². The van der Waals surface area contributed by atoms with E-state index in [0.29, 0.717) is 45.2 Å². The van der Waals surface area contributed by atoms with Crippen LogP contribution in [0.15, 0.2) is 112 Å². The monoisotopic (exact) mass is 576 g/mol. The average molecular weight is 577 g/mol. The van der Waals surface area contributed by atoms with Crippen LogP contribution in [-0.4, -0.2) is 29.2 Å². The van der Waals surface area contributed by atoms with Crippen LogP contribution in [0.4, 0.5) is 0 Å². The van der Waals surface area contributed by atoms with E-state index in [2.05, 4.69) is 0 Å². The van der Waals surface area contributed by atoms with E-state index in [9.17, 15) is 19.6 Å². The minimum absolute atomic E-state index is 0.0614. The average Bonchev–Trinajstić information content (AvgIpc) is 3.48. The van der Waals surface area contributed by atoms with Crippen LogP contribution in [0.25, 0.3) is 17.4 Å². The summed E-state index contributed by atoms with van der Waals surface area (Å²) in [6.07, 6.45) is 2.01. The van der Waals surface area contributed by atoms with E-state index in [4.69, 9.17) is 20.8 Å². The number of imide groups is 1.